The van der Waals surface area contributed by atoms with Gasteiger partial charge in [-0.2, -0.15) is 0 Å². The highest BCUT2D eigenvalue weighted by Crippen LogP contribution is 2.44. The van der Waals surface area contributed by atoms with Crippen molar-refractivity contribution in [2.75, 3.05) is 0 Å². The van der Waals surface area contributed by atoms with Crippen LogP contribution >= 0.6 is 0 Å². The number of fused-ring (bicyclic) bond motifs is 1. The number of hydrogen-bond donors (Lipinski definition) is 1. The second-order valence-electron chi connectivity index (χ2n) is 10.5. The van der Waals surface area contributed by atoms with Crippen LogP contribution in [0, 0.1) is 0 Å². The van der Waals surface area contributed by atoms with Crippen molar-refractivity contribution in [3.63, 3.8) is 0 Å². The predicted octanol–water partition coefficient (Wildman–Crippen LogP) is 7.95. The van der Waals surface area contributed by atoms with Crippen LogP contribution in [0.3, 0.4) is 0 Å². The Hall–Kier alpha value is -2.88. The van der Waals surface area contributed by atoms with Gasteiger partial charge in [-0.15, -0.1) is 0 Å². The van der Waals surface area contributed by atoms with Gasteiger partial charge in [0, 0.05) is 29.3 Å². The van der Waals surface area contributed by atoms with Crippen LogP contribution < -0.4 is 0 Å². The maximum atomic E-state index is 13.2. The molecule has 2 bridgehead atoms. The zero-order chi connectivity index (χ0) is 24.2. The second kappa shape index (κ2) is 10.8. The van der Waals surface area contributed by atoms with E-state index in [2.05, 4.69) is 10.6 Å². The van der Waals surface area contributed by atoms with E-state index in [0.717, 1.165) is 73.7 Å². The summed E-state index contributed by atoms with van der Waals surface area (Å²) in [5, 5.41) is 11.1. The van der Waals surface area contributed by atoms with E-state index in [4.69, 9.17) is 0 Å². The fraction of sp³-hybridized carbons (Fsp3) is 0.484. The Kier molecular flexibility index (Phi) is 7.36. The van der Waals surface area contributed by atoms with E-state index in [-0.39, 0.29) is 17.3 Å². The first-order chi connectivity index (χ1) is 17.1. The van der Waals surface area contributed by atoms with Gasteiger partial charge in [-0.1, -0.05) is 57.1 Å². The maximum absolute atomic E-state index is 13.2. The average molecular weight is 472 g/mol. The van der Waals surface area contributed by atoms with Gasteiger partial charge < -0.3 is 9.67 Å². The zero-order valence-electron chi connectivity index (χ0n) is 20.7. The van der Waals surface area contributed by atoms with E-state index in [1.54, 1.807) is 12.1 Å². The summed E-state index contributed by atoms with van der Waals surface area (Å²) in [5.41, 5.74) is 5.19. The topological polar surface area (TPSA) is 59.3 Å². The largest absolute Gasteiger partial charge is 0.508 e. The van der Waals surface area contributed by atoms with E-state index in [1.807, 2.05) is 24.3 Å². The Morgan fingerprint density at radius 2 is 1.34 bits per heavy atom. The van der Waals surface area contributed by atoms with Crippen LogP contribution in [0.2, 0.25) is 0 Å². The van der Waals surface area contributed by atoms with Crippen LogP contribution in [0.15, 0.2) is 42.5 Å². The van der Waals surface area contributed by atoms with Crippen LogP contribution in [-0.4, -0.2) is 21.2 Å². The van der Waals surface area contributed by atoms with Crippen LogP contribution in [-0.2, 0) is 11.3 Å². The van der Waals surface area contributed by atoms with Crippen molar-refractivity contribution in [3.8, 4) is 17.0 Å². The molecule has 0 radical (unpaired) electrons. The molecule has 4 heteroatoms. The molecule has 1 aliphatic heterocycles. The second-order valence-corrected chi connectivity index (χ2v) is 10.5. The maximum Gasteiger partial charge on any atom is 0.162 e. The lowest BCUT2D eigenvalue weighted by Gasteiger charge is -2.23. The third-order valence-corrected chi connectivity index (χ3v) is 8.02. The van der Waals surface area contributed by atoms with Crippen LogP contribution in [0.1, 0.15) is 105 Å². The van der Waals surface area contributed by atoms with Crippen molar-refractivity contribution in [2.45, 2.75) is 95.9 Å². The number of carbonyl (C=O) groups is 2. The highest BCUT2D eigenvalue weighted by Gasteiger charge is 2.27. The fourth-order valence-electron chi connectivity index (χ4n) is 6.16. The number of phenols is 1. The minimum absolute atomic E-state index is 0.200. The molecule has 2 heterocycles. The number of aromatic nitrogens is 1. The van der Waals surface area contributed by atoms with Gasteiger partial charge in [0.2, 0.25) is 0 Å². The van der Waals surface area contributed by atoms with Crippen molar-refractivity contribution in [2.24, 2.45) is 0 Å². The first-order valence-electron chi connectivity index (χ1n) is 13.6. The third-order valence-electron chi connectivity index (χ3n) is 8.02. The van der Waals surface area contributed by atoms with E-state index < -0.39 is 0 Å². The molecule has 0 saturated heterocycles. The lowest BCUT2D eigenvalue weighted by molar-refractivity contribution is -0.119. The summed E-state index contributed by atoms with van der Waals surface area (Å²) in [4.78, 5) is 26.3. The molecule has 3 aromatic rings. The molecule has 35 heavy (non-hydrogen) atoms. The first-order valence-corrected chi connectivity index (χ1v) is 13.6. The van der Waals surface area contributed by atoms with E-state index in [9.17, 15) is 14.7 Å². The standard InChI is InChI=1S/C31H37NO3/c33-25-17-14-23(15-18-25)31-30(22-10-6-5-7-11-22)27-19-16-24-20-28(27)32(31)21-26(34)12-8-3-1-2-4-9-13-29(24)35/h14-20,22,33H,1-13,21H2. The summed E-state index contributed by atoms with van der Waals surface area (Å²) in [6.07, 6.45) is 13.5. The molecule has 5 rings (SSSR count). The number of aromatic hydroxyl groups is 1. The lowest BCUT2D eigenvalue weighted by atomic mass is 9.81. The summed E-state index contributed by atoms with van der Waals surface area (Å²) < 4.78 is 2.18. The Morgan fingerprint density at radius 1 is 0.714 bits per heavy atom. The van der Waals surface area contributed by atoms with Gasteiger partial charge in [-0.3, -0.25) is 9.59 Å². The molecular weight excluding hydrogens is 434 g/mol. The number of phenolic OH excluding ortho intramolecular Hbond substituents is 1. The van der Waals surface area contributed by atoms with Gasteiger partial charge in [0.15, 0.2) is 11.6 Å². The monoisotopic (exact) mass is 471 g/mol. The molecule has 0 atom stereocenters. The van der Waals surface area contributed by atoms with Crippen molar-refractivity contribution < 1.29 is 14.7 Å². The predicted molar refractivity (Wildman–Crippen MR) is 141 cm³/mol. The number of ketones is 2. The molecule has 1 aliphatic carbocycles. The highest BCUT2D eigenvalue weighted by molar-refractivity contribution is 6.02. The van der Waals surface area contributed by atoms with Crippen LogP contribution in [0.5, 0.6) is 5.75 Å². The van der Waals surface area contributed by atoms with Crippen molar-refractivity contribution in [1.82, 2.24) is 4.57 Å². The zero-order valence-corrected chi connectivity index (χ0v) is 20.7. The number of nitrogens with zero attached hydrogens (tertiary/aromatic N) is 1. The summed E-state index contributed by atoms with van der Waals surface area (Å²) in [5.74, 6) is 1.14. The normalized spacial score (nSPS) is 19.1. The molecule has 0 unspecified atom stereocenters. The van der Waals surface area contributed by atoms with E-state index in [0.29, 0.717) is 25.3 Å². The quantitative estimate of drug-likeness (QED) is 0.412. The Balaban J connectivity index is 1.71. The van der Waals surface area contributed by atoms with Gasteiger partial charge in [0.1, 0.15) is 5.75 Å². The number of Topliss-reactive ketones (excluding diaryl/α,β-unsaturated/α-hetero) is 2. The molecule has 0 spiro atoms. The molecule has 0 amide bonds. The molecule has 2 aromatic carbocycles. The first kappa shape index (κ1) is 23.8. The summed E-state index contributed by atoms with van der Waals surface area (Å²) >= 11 is 0. The molecule has 1 aromatic heterocycles. The van der Waals surface area contributed by atoms with Gasteiger partial charge >= 0.3 is 0 Å². The summed E-state index contributed by atoms with van der Waals surface area (Å²) in [6, 6.07) is 13.6. The van der Waals surface area contributed by atoms with E-state index in [1.165, 1.54) is 30.2 Å². The van der Waals surface area contributed by atoms with Crippen molar-refractivity contribution in [1.29, 1.82) is 0 Å². The molecule has 4 nitrogen and oxygen atoms in total. The van der Waals surface area contributed by atoms with Crippen LogP contribution in [0.4, 0.5) is 0 Å². The number of carbonyl (C=O) groups excluding carboxylic acids is 2. The van der Waals surface area contributed by atoms with Crippen molar-refractivity contribution >= 4 is 22.5 Å². The van der Waals surface area contributed by atoms with Crippen LogP contribution in [0.25, 0.3) is 22.2 Å². The minimum Gasteiger partial charge on any atom is -0.508 e. The van der Waals surface area contributed by atoms with Gasteiger partial charge in [0.05, 0.1) is 12.2 Å². The minimum atomic E-state index is 0.200. The third kappa shape index (κ3) is 5.22. The number of rotatable bonds is 2. The van der Waals surface area contributed by atoms with Crippen molar-refractivity contribution in [3.05, 3.63) is 53.6 Å². The highest BCUT2D eigenvalue weighted by atomic mass is 16.3. The van der Waals surface area contributed by atoms with Gasteiger partial charge in [-0.25, -0.2) is 0 Å². The average Bonchev–Trinajstić information content (AvgIpc) is 3.19. The molecule has 1 fully saturated rings. The smallest absolute Gasteiger partial charge is 0.162 e. The molecule has 2 aliphatic rings. The SMILES string of the molecule is O=C1CCCCCCCCC(=O)c2ccc3c(C4CCCCC4)c(-c4ccc(O)cc4)n(c3c2)C1. The van der Waals surface area contributed by atoms with E-state index >= 15 is 0 Å². The Morgan fingerprint density at radius 3 is 2.09 bits per heavy atom. The Labute approximate surface area is 208 Å². The molecule has 184 valence electrons. The Bertz CT molecular complexity index is 1200. The molecule has 1 saturated carbocycles. The number of hydrogen-bond acceptors (Lipinski definition) is 3. The lowest BCUT2D eigenvalue weighted by Crippen LogP contribution is -2.12. The molecular formula is C31H37NO3. The summed E-state index contributed by atoms with van der Waals surface area (Å²) in [6.45, 7) is 0.330. The summed E-state index contributed by atoms with van der Waals surface area (Å²) in [7, 11) is 0. The number of benzene rings is 2. The fourth-order valence-corrected chi connectivity index (χ4v) is 6.16. The molecule has 1 N–H and O–H groups in total. The van der Waals surface area contributed by atoms with Gasteiger partial charge in [-0.05, 0) is 73.1 Å². The van der Waals surface area contributed by atoms with Gasteiger partial charge in [0.25, 0.3) is 0 Å².